The van der Waals surface area contributed by atoms with E-state index in [-0.39, 0.29) is 5.91 Å². The van der Waals surface area contributed by atoms with Crippen LogP contribution in [0.15, 0.2) is 12.4 Å². The molecule has 3 heterocycles. The quantitative estimate of drug-likeness (QED) is 0.600. The number of rotatable bonds is 3. The molecule has 2 aliphatic heterocycles. The molecule has 20 heavy (non-hydrogen) atoms. The number of nitrogens with one attached hydrogen (secondary N) is 1. The van der Waals surface area contributed by atoms with Gasteiger partial charge in [0.15, 0.2) is 5.82 Å². The molecule has 3 N–H and O–H groups in total. The average molecular weight is 276 g/mol. The highest BCUT2D eigenvalue weighted by atomic mass is 16.2. The van der Waals surface area contributed by atoms with E-state index in [0.717, 1.165) is 19.5 Å². The number of aromatic nitrogens is 2. The maximum atomic E-state index is 12.4. The number of hydrogen-bond acceptors (Lipinski definition) is 6. The van der Waals surface area contributed by atoms with Gasteiger partial charge >= 0.3 is 0 Å². The Labute approximate surface area is 118 Å². The average Bonchev–Trinajstić information content (AvgIpc) is 3.17. The highest BCUT2D eigenvalue weighted by Gasteiger charge is 2.32. The predicted molar refractivity (Wildman–Crippen MR) is 75.0 cm³/mol. The lowest BCUT2D eigenvalue weighted by atomic mass is 10.2. The highest BCUT2D eigenvalue weighted by Crippen LogP contribution is 2.21. The Morgan fingerprint density at radius 3 is 2.85 bits per heavy atom. The van der Waals surface area contributed by atoms with E-state index < -0.39 is 0 Å². The van der Waals surface area contributed by atoms with Gasteiger partial charge in [-0.2, -0.15) is 0 Å². The number of anilines is 1. The molecule has 0 bridgehead atoms. The van der Waals surface area contributed by atoms with Crippen LogP contribution in [0.4, 0.5) is 5.82 Å². The van der Waals surface area contributed by atoms with E-state index in [2.05, 4.69) is 20.3 Å². The number of nitrogens with two attached hydrogens (primary N) is 1. The maximum Gasteiger partial charge on any atom is 0.274 e. The van der Waals surface area contributed by atoms with Crippen LogP contribution in [0.2, 0.25) is 0 Å². The molecule has 0 aliphatic carbocycles. The van der Waals surface area contributed by atoms with Gasteiger partial charge in [-0.1, -0.05) is 0 Å². The second-order valence-corrected chi connectivity index (χ2v) is 5.37. The van der Waals surface area contributed by atoms with Gasteiger partial charge in [0.1, 0.15) is 5.69 Å². The number of carbonyl (C=O) groups excluding carboxylic acids is 1. The monoisotopic (exact) mass is 276 g/mol. The minimum absolute atomic E-state index is 0.0590. The summed E-state index contributed by atoms with van der Waals surface area (Å²) in [7, 11) is 0. The van der Waals surface area contributed by atoms with E-state index in [0.29, 0.717) is 17.6 Å². The third kappa shape index (κ3) is 2.59. The van der Waals surface area contributed by atoms with Crippen LogP contribution in [0.3, 0.4) is 0 Å². The van der Waals surface area contributed by atoms with Gasteiger partial charge in [-0.3, -0.25) is 14.7 Å². The fourth-order valence-electron chi connectivity index (χ4n) is 3.03. The Balaban J connectivity index is 1.65. The number of hydrazine groups is 1. The van der Waals surface area contributed by atoms with E-state index >= 15 is 0 Å². The summed E-state index contributed by atoms with van der Waals surface area (Å²) in [6, 6.07) is 0.505. The van der Waals surface area contributed by atoms with Crippen LogP contribution in [0.1, 0.15) is 29.8 Å². The fraction of sp³-hybridized carbons (Fsp3) is 0.615. The molecule has 108 valence electrons. The molecule has 0 saturated carbocycles. The molecule has 1 atom stereocenters. The van der Waals surface area contributed by atoms with Crippen molar-refractivity contribution in [3.8, 4) is 0 Å². The summed E-state index contributed by atoms with van der Waals surface area (Å²) in [5.41, 5.74) is 2.76. The Morgan fingerprint density at radius 2 is 2.10 bits per heavy atom. The number of nitrogens with zero attached hydrogens (tertiary/aromatic N) is 4. The topological polar surface area (TPSA) is 87.4 Å². The zero-order valence-corrected chi connectivity index (χ0v) is 11.5. The number of likely N-dealkylation sites (tertiary alicyclic amines) is 2. The molecular formula is C13H20N6O. The van der Waals surface area contributed by atoms with Crippen molar-refractivity contribution in [2.45, 2.75) is 25.3 Å². The summed E-state index contributed by atoms with van der Waals surface area (Å²) in [6.45, 7) is 3.92. The van der Waals surface area contributed by atoms with Crippen molar-refractivity contribution in [2.75, 3.05) is 31.6 Å². The van der Waals surface area contributed by atoms with Gasteiger partial charge in [0, 0.05) is 19.1 Å². The maximum absolute atomic E-state index is 12.4. The molecule has 1 aromatic heterocycles. The number of amides is 1. The lowest BCUT2D eigenvalue weighted by molar-refractivity contribution is 0.0774. The molecule has 0 radical (unpaired) electrons. The van der Waals surface area contributed by atoms with Crippen LogP contribution in [0, 0.1) is 0 Å². The summed E-state index contributed by atoms with van der Waals surface area (Å²) in [5.74, 6) is 5.64. The van der Waals surface area contributed by atoms with E-state index in [1.165, 1.54) is 38.3 Å². The number of nitrogen functional groups attached to an aromatic ring is 1. The fourth-order valence-corrected chi connectivity index (χ4v) is 3.03. The zero-order chi connectivity index (χ0) is 13.9. The van der Waals surface area contributed by atoms with Gasteiger partial charge in [-0.25, -0.2) is 10.8 Å². The molecule has 0 spiro atoms. The molecule has 7 heteroatoms. The van der Waals surface area contributed by atoms with Crippen molar-refractivity contribution >= 4 is 11.7 Å². The van der Waals surface area contributed by atoms with Crippen molar-refractivity contribution in [3.63, 3.8) is 0 Å². The lowest BCUT2D eigenvalue weighted by Crippen LogP contribution is -2.37. The van der Waals surface area contributed by atoms with Crippen molar-refractivity contribution in [3.05, 3.63) is 18.1 Å². The molecule has 1 amide bonds. The second kappa shape index (κ2) is 5.72. The molecular weight excluding hydrogens is 256 g/mol. The molecule has 1 unspecified atom stereocenters. The zero-order valence-electron chi connectivity index (χ0n) is 11.5. The smallest absolute Gasteiger partial charge is 0.274 e. The molecule has 1 aromatic rings. The van der Waals surface area contributed by atoms with E-state index in [1.807, 2.05) is 4.90 Å². The van der Waals surface area contributed by atoms with E-state index in [9.17, 15) is 4.79 Å². The van der Waals surface area contributed by atoms with Crippen LogP contribution in [0.25, 0.3) is 0 Å². The molecule has 2 aliphatic rings. The molecule has 3 rings (SSSR count). The molecule has 2 fully saturated rings. The molecule has 7 nitrogen and oxygen atoms in total. The normalized spacial score (nSPS) is 23.2. The summed E-state index contributed by atoms with van der Waals surface area (Å²) >= 11 is 0. The standard InChI is InChI=1S/C13H20N6O/c14-17-12-8-15-7-11(16-12)13(20)19-6-3-10(9-19)18-4-1-2-5-18/h7-8,10H,1-6,9,14H2,(H,16,17). The summed E-state index contributed by atoms with van der Waals surface area (Å²) in [5, 5.41) is 0. The Morgan fingerprint density at radius 1 is 1.30 bits per heavy atom. The first-order chi connectivity index (χ1) is 9.78. The third-order valence-electron chi connectivity index (χ3n) is 4.11. The molecule has 2 saturated heterocycles. The van der Waals surface area contributed by atoms with Gasteiger partial charge in [0.2, 0.25) is 0 Å². The number of carbonyl (C=O) groups is 1. The van der Waals surface area contributed by atoms with Gasteiger partial charge in [-0.05, 0) is 32.4 Å². The van der Waals surface area contributed by atoms with E-state index in [4.69, 9.17) is 5.84 Å². The van der Waals surface area contributed by atoms with Crippen molar-refractivity contribution in [2.24, 2.45) is 5.84 Å². The minimum atomic E-state index is -0.0590. The summed E-state index contributed by atoms with van der Waals surface area (Å²) < 4.78 is 0. The predicted octanol–water partition coefficient (Wildman–Crippen LogP) is 0.0725. The summed E-state index contributed by atoms with van der Waals surface area (Å²) in [4.78, 5) is 24.9. The first-order valence-electron chi connectivity index (χ1n) is 7.10. The van der Waals surface area contributed by atoms with Crippen molar-refractivity contribution in [1.29, 1.82) is 0 Å². The van der Waals surface area contributed by atoms with Gasteiger partial charge in [0.25, 0.3) is 5.91 Å². The second-order valence-electron chi connectivity index (χ2n) is 5.37. The van der Waals surface area contributed by atoms with Crippen LogP contribution in [0.5, 0.6) is 0 Å². The van der Waals surface area contributed by atoms with Gasteiger partial charge in [-0.15, -0.1) is 0 Å². The Bertz CT molecular complexity index is 488. The number of hydrogen-bond donors (Lipinski definition) is 2. The first-order valence-corrected chi connectivity index (χ1v) is 7.10. The first kappa shape index (κ1) is 13.3. The highest BCUT2D eigenvalue weighted by molar-refractivity contribution is 5.92. The van der Waals surface area contributed by atoms with Crippen LogP contribution in [-0.2, 0) is 0 Å². The summed E-state index contributed by atoms with van der Waals surface area (Å²) in [6.07, 6.45) is 6.59. The van der Waals surface area contributed by atoms with Crippen molar-refractivity contribution in [1.82, 2.24) is 19.8 Å². The molecule has 0 aromatic carbocycles. The van der Waals surface area contributed by atoms with Gasteiger partial charge < -0.3 is 10.3 Å². The SMILES string of the molecule is NNc1cncc(C(=O)N2CCC(N3CCCC3)C2)n1. The van der Waals surface area contributed by atoms with Crippen LogP contribution < -0.4 is 11.3 Å². The van der Waals surface area contributed by atoms with Crippen molar-refractivity contribution < 1.29 is 4.79 Å². The minimum Gasteiger partial charge on any atom is -0.336 e. The Hall–Kier alpha value is -1.73. The van der Waals surface area contributed by atoms with Crippen LogP contribution in [-0.4, -0.2) is 57.9 Å². The van der Waals surface area contributed by atoms with Crippen LogP contribution >= 0.6 is 0 Å². The Kier molecular flexibility index (Phi) is 3.79. The van der Waals surface area contributed by atoms with Gasteiger partial charge in [0.05, 0.1) is 12.4 Å². The third-order valence-corrected chi connectivity index (χ3v) is 4.11. The lowest BCUT2D eigenvalue weighted by Gasteiger charge is -2.23. The van der Waals surface area contributed by atoms with E-state index in [1.54, 1.807) is 0 Å². The largest absolute Gasteiger partial charge is 0.336 e.